The molecule has 0 aliphatic carbocycles. The summed E-state index contributed by atoms with van der Waals surface area (Å²) in [6.07, 6.45) is 0. The van der Waals surface area contributed by atoms with Crippen molar-refractivity contribution < 1.29 is 8.78 Å². The first kappa shape index (κ1) is 15.2. The maximum Gasteiger partial charge on any atom is 0.175 e. The molecule has 104 valence electrons. The Balaban J connectivity index is 2.11. The largest absolute Gasteiger partial charge is 0.331 e. The fraction of sp³-hybridized carbons (Fsp3) is 0. The van der Waals surface area contributed by atoms with E-state index in [0.717, 1.165) is 22.7 Å². The third-order valence-electron chi connectivity index (χ3n) is 2.36. The van der Waals surface area contributed by atoms with Gasteiger partial charge in [0.15, 0.2) is 5.11 Å². The number of hydrogen-bond acceptors (Lipinski definition) is 1. The van der Waals surface area contributed by atoms with Gasteiger partial charge in [0, 0.05) is 10.5 Å². The molecule has 0 saturated carbocycles. The Bertz CT molecular complexity index is 667. The van der Waals surface area contributed by atoms with Crippen LogP contribution in [0, 0.1) is 11.6 Å². The average Bonchev–Trinajstić information content (AvgIpc) is 2.37. The van der Waals surface area contributed by atoms with Crippen LogP contribution in [-0.2, 0) is 0 Å². The Kier molecular flexibility index (Phi) is 4.91. The van der Waals surface area contributed by atoms with Gasteiger partial charge in [-0.1, -0.05) is 27.5 Å². The third-order valence-corrected chi connectivity index (χ3v) is 3.37. The summed E-state index contributed by atoms with van der Waals surface area (Å²) in [5, 5.41) is 5.94. The van der Waals surface area contributed by atoms with Crippen LogP contribution in [0.2, 0.25) is 5.02 Å². The molecule has 2 nitrogen and oxygen atoms in total. The van der Waals surface area contributed by atoms with Gasteiger partial charge in [-0.3, -0.25) is 0 Å². The fourth-order valence-corrected chi connectivity index (χ4v) is 2.40. The first-order valence-corrected chi connectivity index (χ1v) is 7.02. The molecule has 0 fully saturated rings. The highest BCUT2D eigenvalue weighted by Gasteiger charge is 2.07. The smallest absolute Gasteiger partial charge is 0.175 e. The maximum absolute atomic E-state index is 13.5. The van der Waals surface area contributed by atoms with Gasteiger partial charge in [-0.2, -0.15) is 0 Å². The molecule has 0 amide bonds. The molecule has 0 saturated heterocycles. The van der Waals surface area contributed by atoms with Crippen LogP contribution in [0.25, 0.3) is 0 Å². The number of hydrogen-bond donors (Lipinski definition) is 2. The van der Waals surface area contributed by atoms with E-state index in [-0.39, 0.29) is 10.8 Å². The Labute approximate surface area is 133 Å². The van der Waals surface area contributed by atoms with E-state index in [1.807, 2.05) is 0 Å². The molecular formula is C13H8BrClF2N2S. The van der Waals surface area contributed by atoms with Crippen molar-refractivity contribution in [1.29, 1.82) is 0 Å². The lowest BCUT2D eigenvalue weighted by Gasteiger charge is -2.12. The standard InChI is InChI=1S/C13H8BrClF2N2S/c14-7-1-4-11(9(15)5-7)18-13(20)19-12-6-8(16)2-3-10(12)17/h1-6H,(H2,18,19,20). The summed E-state index contributed by atoms with van der Waals surface area (Å²) >= 11 is 14.3. The topological polar surface area (TPSA) is 24.1 Å². The van der Waals surface area contributed by atoms with Gasteiger partial charge >= 0.3 is 0 Å². The Morgan fingerprint density at radius 2 is 1.75 bits per heavy atom. The molecule has 2 aromatic rings. The van der Waals surface area contributed by atoms with E-state index in [2.05, 4.69) is 26.6 Å². The van der Waals surface area contributed by atoms with Gasteiger partial charge < -0.3 is 10.6 Å². The molecule has 0 bridgehead atoms. The van der Waals surface area contributed by atoms with Crippen LogP contribution in [0.1, 0.15) is 0 Å². The summed E-state index contributed by atoms with van der Waals surface area (Å²) < 4.78 is 27.3. The molecule has 0 radical (unpaired) electrons. The predicted octanol–water partition coefficient (Wildman–Crippen LogP) is 5.19. The van der Waals surface area contributed by atoms with Crippen molar-refractivity contribution in [2.75, 3.05) is 10.6 Å². The number of rotatable bonds is 2. The van der Waals surface area contributed by atoms with Gasteiger partial charge in [0.2, 0.25) is 0 Å². The number of nitrogens with one attached hydrogen (secondary N) is 2. The molecule has 0 aliphatic rings. The van der Waals surface area contributed by atoms with Crippen LogP contribution < -0.4 is 10.6 Å². The lowest BCUT2D eigenvalue weighted by molar-refractivity contribution is 0.604. The minimum atomic E-state index is -0.600. The van der Waals surface area contributed by atoms with Gasteiger partial charge in [0.1, 0.15) is 11.6 Å². The van der Waals surface area contributed by atoms with Crippen molar-refractivity contribution in [2.24, 2.45) is 0 Å². The van der Waals surface area contributed by atoms with Crippen LogP contribution in [0.4, 0.5) is 20.2 Å². The number of anilines is 2. The highest BCUT2D eigenvalue weighted by Crippen LogP contribution is 2.26. The summed E-state index contributed by atoms with van der Waals surface area (Å²) in [6, 6.07) is 8.25. The van der Waals surface area contributed by atoms with Gasteiger partial charge in [-0.25, -0.2) is 8.78 Å². The minimum Gasteiger partial charge on any atom is -0.331 e. The second-order valence-electron chi connectivity index (χ2n) is 3.83. The van der Waals surface area contributed by atoms with Crippen molar-refractivity contribution in [3.63, 3.8) is 0 Å². The second kappa shape index (κ2) is 6.47. The first-order chi connectivity index (χ1) is 9.45. The monoisotopic (exact) mass is 376 g/mol. The van der Waals surface area contributed by atoms with E-state index in [9.17, 15) is 8.78 Å². The molecule has 2 rings (SSSR count). The second-order valence-corrected chi connectivity index (χ2v) is 5.56. The van der Waals surface area contributed by atoms with Crippen LogP contribution in [0.5, 0.6) is 0 Å². The molecule has 0 atom stereocenters. The number of thiocarbonyl (C=S) groups is 1. The van der Waals surface area contributed by atoms with E-state index in [1.54, 1.807) is 18.2 Å². The van der Waals surface area contributed by atoms with Crippen molar-refractivity contribution >= 4 is 56.2 Å². The molecule has 7 heteroatoms. The van der Waals surface area contributed by atoms with Crippen molar-refractivity contribution in [2.45, 2.75) is 0 Å². The third kappa shape index (κ3) is 3.88. The summed E-state index contributed by atoms with van der Waals surface area (Å²) in [4.78, 5) is 0. The first-order valence-electron chi connectivity index (χ1n) is 5.44. The van der Waals surface area contributed by atoms with Gasteiger partial charge in [-0.15, -0.1) is 0 Å². The van der Waals surface area contributed by atoms with E-state index < -0.39 is 11.6 Å². The van der Waals surface area contributed by atoms with Crippen LogP contribution in [0.3, 0.4) is 0 Å². The number of halogens is 4. The molecule has 2 N–H and O–H groups in total. The lowest BCUT2D eigenvalue weighted by Crippen LogP contribution is -2.20. The molecule has 0 heterocycles. The maximum atomic E-state index is 13.5. The van der Waals surface area contributed by atoms with Crippen molar-refractivity contribution in [3.8, 4) is 0 Å². The highest BCUT2D eigenvalue weighted by atomic mass is 79.9. The van der Waals surface area contributed by atoms with Crippen molar-refractivity contribution in [1.82, 2.24) is 0 Å². The molecule has 0 aromatic heterocycles. The molecule has 0 aliphatic heterocycles. The van der Waals surface area contributed by atoms with E-state index >= 15 is 0 Å². The average molecular weight is 378 g/mol. The molecule has 20 heavy (non-hydrogen) atoms. The van der Waals surface area contributed by atoms with E-state index in [1.165, 1.54) is 0 Å². The Morgan fingerprint density at radius 3 is 2.45 bits per heavy atom. The van der Waals surface area contributed by atoms with Gasteiger partial charge in [0.25, 0.3) is 0 Å². The number of benzene rings is 2. The SMILES string of the molecule is Fc1ccc(F)c(NC(=S)Nc2ccc(Br)cc2Cl)c1. The Hall–Kier alpha value is -1.24. The zero-order valence-corrected chi connectivity index (χ0v) is 13.0. The van der Waals surface area contributed by atoms with Gasteiger partial charge in [-0.05, 0) is 42.5 Å². The quantitative estimate of drug-likeness (QED) is 0.704. The summed E-state index contributed by atoms with van der Waals surface area (Å²) in [6.45, 7) is 0. The van der Waals surface area contributed by atoms with Crippen LogP contribution in [-0.4, -0.2) is 5.11 Å². The van der Waals surface area contributed by atoms with E-state index in [0.29, 0.717) is 10.7 Å². The zero-order valence-electron chi connectivity index (χ0n) is 9.88. The van der Waals surface area contributed by atoms with E-state index in [4.69, 9.17) is 23.8 Å². The van der Waals surface area contributed by atoms with Crippen LogP contribution >= 0.6 is 39.7 Å². The highest BCUT2D eigenvalue weighted by molar-refractivity contribution is 9.10. The summed E-state index contributed by atoms with van der Waals surface area (Å²) in [5.41, 5.74) is 0.514. The molecule has 0 spiro atoms. The molecule has 2 aromatic carbocycles. The molecular weight excluding hydrogens is 370 g/mol. The predicted molar refractivity (Wildman–Crippen MR) is 85.4 cm³/mol. The minimum absolute atomic E-state index is 0.0456. The zero-order chi connectivity index (χ0) is 14.7. The Morgan fingerprint density at radius 1 is 1.05 bits per heavy atom. The van der Waals surface area contributed by atoms with Crippen LogP contribution in [0.15, 0.2) is 40.9 Å². The van der Waals surface area contributed by atoms with Gasteiger partial charge in [0.05, 0.1) is 16.4 Å². The van der Waals surface area contributed by atoms with Crippen molar-refractivity contribution in [3.05, 3.63) is 57.5 Å². The molecule has 0 unspecified atom stereocenters. The summed E-state index contributed by atoms with van der Waals surface area (Å²) in [7, 11) is 0. The summed E-state index contributed by atoms with van der Waals surface area (Å²) in [5.74, 6) is -1.16. The lowest BCUT2D eigenvalue weighted by atomic mass is 10.3. The normalized spacial score (nSPS) is 10.2. The fourth-order valence-electron chi connectivity index (χ4n) is 1.46.